The van der Waals surface area contributed by atoms with Crippen LogP contribution in [0, 0.1) is 0 Å². The van der Waals surface area contributed by atoms with Gasteiger partial charge in [0.05, 0.1) is 12.5 Å². The minimum Gasteiger partial charge on any atom is -0.467 e. The van der Waals surface area contributed by atoms with Gasteiger partial charge < -0.3 is 15.4 Å². The first-order valence-electron chi connectivity index (χ1n) is 6.01. The molecule has 0 bridgehead atoms. The van der Waals surface area contributed by atoms with Crippen LogP contribution in [0.1, 0.15) is 25.1 Å². The van der Waals surface area contributed by atoms with Crippen molar-refractivity contribution in [3.8, 4) is 0 Å². The third-order valence-corrected chi connectivity index (χ3v) is 4.75. The molecule has 1 aromatic rings. The molecule has 1 aromatic heterocycles. The molecule has 2 N–H and O–H groups in total. The summed E-state index contributed by atoms with van der Waals surface area (Å²) in [4.78, 5) is 30.5. The number of carbonyl (C=O) groups excluding carboxylic acids is 2. The van der Waals surface area contributed by atoms with Gasteiger partial charge in [-0.05, 0) is 20.3 Å². The summed E-state index contributed by atoms with van der Waals surface area (Å²) >= 11 is 1.32. The minimum absolute atomic E-state index is 0.0750. The van der Waals surface area contributed by atoms with Gasteiger partial charge in [0.25, 0.3) is 0 Å². The van der Waals surface area contributed by atoms with Crippen molar-refractivity contribution in [2.75, 3.05) is 19.4 Å². The molecule has 1 aliphatic rings. The lowest BCUT2D eigenvalue weighted by molar-refractivity contribution is -0.151. The number of amides is 1. The maximum absolute atomic E-state index is 12.6. The molecule has 0 radical (unpaired) electrons. The Morgan fingerprint density at radius 3 is 2.89 bits per heavy atom. The first kappa shape index (κ1) is 13.8. The van der Waals surface area contributed by atoms with Crippen LogP contribution in [0.25, 0.3) is 0 Å². The molecular formula is C12H17N3O3S. The van der Waals surface area contributed by atoms with Crippen molar-refractivity contribution in [2.24, 2.45) is 0 Å². The molecule has 2 atom stereocenters. The van der Waals surface area contributed by atoms with Crippen molar-refractivity contribution in [1.82, 2.24) is 9.88 Å². The summed E-state index contributed by atoms with van der Waals surface area (Å²) in [6, 6.07) is -0.565. The third kappa shape index (κ3) is 2.18. The van der Waals surface area contributed by atoms with E-state index in [0.29, 0.717) is 18.1 Å². The summed E-state index contributed by atoms with van der Waals surface area (Å²) < 4.78 is 4.69. The van der Waals surface area contributed by atoms with Gasteiger partial charge in [0.15, 0.2) is 5.13 Å². The van der Waals surface area contributed by atoms with Crippen LogP contribution >= 0.6 is 11.3 Å². The number of anilines is 1. The molecule has 0 spiro atoms. The van der Waals surface area contributed by atoms with Gasteiger partial charge >= 0.3 is 5.97 Å². The molecule has 1 saturated heterocycles. The average molecular weight is 283 g/mol. The number of aromatic nitrogens is 1. The van der Waals surface area contributed by atoms with Crippen molar-refractivity contribution in [3.63, 3.8) is 0 Å². The van der Waals surface area contributed by atoms with Crippen molar-refractivity contribution in [1.29, 1.82) is 0 Å². The van der Waals surface area contributed by atoms with Crippen LogP contribution in [0.3, 0.4) is 0 Å². The summed E-state index contributed by atoms with van der Waals surface area (Å²) in [5, 5.41) is 0.448. The molecule has 19 heavy (non-hydrogen) atoms. The predicted molar refractivity (Wildman–Crippen MR) is 71.7 cm³/mol. The van der Waals surface area contributed by atoms with Crippen molar-refractivity contribution < 1.29 is 14.3 Å². The molecule has 1 amide bonds. The molecule has 0 saturated carbocycles. The minimum atomic E-state index is -0.641. The first-order chi connectivity index (χ1) is 8.90. The second-order valence-corrected chi connectivity index (χ2v) is 5.90. The van der Waals surface area contributed by atoms with E-state index >= 15 is 0 Å². The molecule has 2 rings (SSSR count). The third-order valence-electron chi connectivity index (χ3n) is 3.66. The fourth-order valence-electron chi connectivity index (χ4n) is 2.31. The van der Waals surface area contributed by atoms with Gasteiger partial charge in [-0.25, -0.2) is 9.78 Å². The molecule has 0 aliphatic carbocycles. The summed E-state index contributed by atoms with van der Waals surface area (Å²) in [6.07, 6.45) is 2.29. The molecule has 2 unspecified atom stereocenters. The normalized spacial score (nSPS) is 24.6. The summed E-state index contributed by atoms with van der Waals surface area (Å²) in [5.41, 5.74) is 4.98. The standard InChI is InChI=1S/C12H17N3O3S/c1-7(9(16)18-3)15-5-4-12(2,10(15)17)8-6-14-11(13)19-8/h6-7H,4-5H2,1-3H3,(H2,13,14). The number of rotatable bonds is 3. The van der Waals surface area contributed by atoms with E-state index in [1.54, 1.807) is 18.0 Å². The zero-order valence-electron chi connectivity index (χ0n) is 11.2. The first-order valence-corrected chi connectivity index (χ1v) is 6.82. The van der Waals surface area contributed by atoms with Gasteiger partial charge in [0, 0.05) is 17.6 Å². The number of methoxy groups -OCH3 is 1. The van der Waals surface area contributed by atoms with E-state index in [4.69, 9.17) is 5.73 Å². The van der Waals surface area contributed by atoms with Crippen LogP contribution in [0.15, 0.2) is 6.20 Å². The van der Waals surface area contributed by atoms with Crippen LogP contribution in [-0.2, 0) is 19.7 Å². The topological polar surface area (TPSA) is 85.5 Å². The van der Waals surface area contributed by atoms with Gasteiger partial charge in [-0.15, -0.1) is 11.3 Å². The maximum atomic E-state index is 12.6. The summed E-state index contributed by atoms with van der Waals surface area (Å²) in [5.74, 6) is -0.476. The number of nitrogens with two attached hydrogens (primary N) is 1. The summed E-state index contributed by atoms with van der Waals surface area (Å²) in [7, 11) is 1.32. The zero-order chi connectivity index (χ0) is 14.2. The number of hydrogen-bond donors (Lipinski definition) is 1. The van der Waals surface area contributed by atoms with E-state index < -0.39 is 17.4 Å². The lowest BCUT2D eigenvalue weighted by Gasteiger charge is -2.25. The Morgan fingerprint density at radius 1 is 1.68 bits per heavy atom. The van der Waals surface area contributed by atoms with Crippen LogP contribution in [-0.4, -0.2) is 41.5 Å². The van der Waals surface area contributed by atoms with E-state index in [1.165, 1.54) is 18.4 Å². The Balaban J connectivity index is 2.24. The number of carbonyl (C=O) groups is 2. The Morgan fingerprint density at radius 2 is 2.37 bits per heavy atom. The largest absolute Gasteiger partial charge is 0.467 e. The Labute approximate surface area is 115 Å². The van der Waals surface area contributed by atoms with Gasteiger partial charge in [-0.3, -0.25) is 4.79 Å². The molecule has 7 heteroatoms. The summed E-state index contributed by atoms with van der Waals surface area (Å²) in [6.45, 7) is 4.08. The van der Waals surface area contributed by atoms with Gasteiger partial charge in [-0.2, -0.15) is 0 Å². The van der Waals surface area contributed by atoms with Crippen LogP contribution < -0.4 is 5.73 Å². The fraction of sp³-hybridized carbons (Fsp3) is 0.583. The van der Waals surface area contributed by atoms with Gasteiger partial charge in [0.2, 0.25) is 5.91 Å². The SMILES string of the molecule is COC(=O)C(C)N1CCC(C)(c2cnc(N)s2)C1=O. The van der Waals surface area contributed by atoms with Crippen molar-refractivity contribution >= 4 is 28.3 Å². The zero-order valence-corrected chi connectivity index (χ0v) is 12.0. The molecule has 1 aliphatic heterocycles. The number of nitrogen functional groups attached to an aromatic ring is 1. The van der Waals surface area contributed by atoms with Crippen LogP contribution in [0.2, 0.25) is 0 Å². The maximum Gasteiger partial charge on any atom is 0.328 e. The quantitative estimate of drug-likeness (QED) is 0.828. The van der Waals surface area contributed by atoms with E-state index in [-0.39, 0.29) is 5.91 Å². The molecule has 1 fully saturated rings. The lowest BCUT2D eigenvalue weighted by Crippen LogP contribution is -2.44. The number of esters is 1. The van der Waals surface area contributed by atoms with Gasteiger partial charge in [0.1, 0.15) is 6.04 Å². The van der Waals surface area contributed by atoms with E-state index in [1.807, 2.05) is 6.92 Å². The van der Waals surface area contributed by atoms with E-state index in [0.717, 1.165) is 4.88 Å². The highest BCUT2D eigenvalue weighted by Gasteiger charge is 2.48. The highest BCUT2D eigenvalue weighted by molar-refractivity contribution is 7.15. The van der Waals surface area contributed by atoms with Gasteiger partial charge in [-0.1, -0.05) is 0 Å². The van der Waals surface area contributed by atoms with Crippen molar-refractivity contribution in [2.45, 2.75) is 31.7 Å². The second-order valence-electron chi connectivity index (χ2n) is 4.84. The highest BCUT2D eigenvalue weighted by Crippen LogP contribution is 2.39. The molecule has 104 valence electrons. The number of thiazole rings is 1. The average Bonchev–Trinajstić information content (AvgIpc) is 2.95. The van der Waals surface area contributed by atoms with Crippen LogP contribution in [0.5, 0.6) is 0 Å². The fourth-order valence-corrected chi connectivity index (χ4v) is 3.16. The highest BCUT2D eigenvalue weighted by atomic mass is 32.1. The molecular weight excluding hydrogens is 266 g/mol. The molecule has 0 aromatic carbocycles. The lowest BCUT2D eigenvalue weighted by atomic mass is 9.87. The number of hydrogen-bond acceptors (Lipinski definition) is 6. The predicted octanol–water partition coefficient (Wildman–Crippen LogP) is 0.777. The molecule has 2 heterocycles. The van der Waals surface area contributed by atoms with Crippen molar-refractivity contribution in [3.05, 3.63) is 11.1 Å². The van der Waals surface area contributed by atoms with E-state index in [2.05, 4.69) is 9.72 Å². The second kappa shape index (κ2) is 4.80. The number of ether oxygens (including phenoxy) is 1. The number of nitrogens with zero attached hydrogens (tertiary/aromatic N) is 2. The Kier molecular flexibility index (Phi) is 3.49. The monoisotopic (exact) mass is 283 g/mol. The van der Waals surface area contributed by atoms with Crippen LogP contribution in [0.4, 0.5) is 5.13 Å². The number of likely N-dealkylation sites (tertiary alicyclic amines) is 1. The Hall–Kier alpha value is -1.63. The Bertz CT molecular complexity index is 516. The molecule has 6 nitrogen and oxygen atoms in total. The smallest absolute Gasteiger partial charge is 0.328 e. The van der Waals surface area contributed by atoms with E-state index in [9.17, 15) is 9.59 Å².